The lowest BCUT2D eigenvalue weighted by Crippen LogP contribution is -2.49. The van der Waals surface area contributed by atoms with Crippen LogP contribution in [0.15, 0.2) is 29.1 Å². The highest BCUT2D eigenvalue weighted by atomic mass is 16.2. The molecule has 158 valence electrons. The normalized spacial score (nSPS) is 15.9. The maximum atomic E-state index is 13.4. The molecule has 7 nitrogen and oxygen atoms in total. The Labute approximate surface area is 172 Å². The van der Waals surface area contributed by atoms with E-state index in [1.54, 1.807) is 0 Å². The first-order chi connectivity index (χ1) is 13.9. The van der Waals surface area contributed by atoms with Crippen LogP contribution in [0.2, 0.25) is 0 Å². The van der Waals surface area contributed by atoms with E-state index in [4.69, 9.17) is 0 Å². The van der Waals surface area contributed by atoms with E-state index in [1.165, 1.54) is 4.68 Å². The van der Waals surface area contributed by atoms with Gasteiger partial charge in [0, 0.05) is 31.1 Å². The van der Waals surface area contributed by atoms with Crippen LogP contribution in [0.4, 0.5) is 0 Å². The fourth-order valence-electron chi connectivity index (χ4n) is 4.02. The standard InChI is InChI=1S/C22H33N5O2/c1-5-27-22(29)19-9-7-6-8-18(19)20(23-27)16-21(28)26(15-14-24(2)3)17-10-12-25(4)13-11-17/h6-9,17H,5,10-16H2,1-4H3. The van der Waals surface area contributed by atoms with Crippen LogP contribution in [0.1, 0.15) is 25.5 Å². The van der Waals surface area contributed by atoms with E-state index in [0.29, 0.717) is 24.2 Å². The minimum absolute atomic E-state index is 0.0976. The van der Waals surface area contributed by atoms with Crippen molar-refractivity contribution in [2.45, 2.75) is 38.8 Å². The lowest BCUT2D eigenvalue weighted by molar-refractivity contribution is -0.134. The zero-order valence-electron chi connectivity index (χ0n) is 18.1. The van der Waals surface area contributed by atoms with Crippen LogP contribution < -0.4 is 5.56 Å². The van der Waals surface area contributed by atoms with Crippen molar-refractivity contribution in [3.63, 3.8) is 0 Å². The Bertz CT molecular complexity index is 900. The van der Waals surface area contributed by atoms with Crippen molar-refractivity contribution in [3.8, 4) is 0 Å². The van der Waals surface area contributed by atoms with E-state index in [0.717, 1.165) is 37.9 Å². The van der Waals surface area contributed by atoms with Gasteiger partial charge in [-0.1, -0.05) is 18.2 Å². The number of piperidine rings is 1. The molecule has 1 fully saturated rings. The van der Waals surface area contributed by atoms with Gasteiger partial charge in [0.25, 0.3) is 5.56 Å². The number of benzene rings is 1. The van der Waals surface area contributed by atoms with E-state index in [1.807, 2.05) is 50.2 Å². The van der Waals surface area contributed by atoms with E-state index in [9.17, 15) is 9.59 Å². The SMILES string of the molecule is CCn1nc(CC(=O)N(CCN(C)C)C2CCN(C)CC2)c2ccccc2c1=O. The molecule has 0 unspecified atom stereocenters. The molecule has 1 aliphatic rings. The molecule has 7 heteroatoms. The van der Waals surface area contributed by atoms with E-state index < -0.39 is 0 Å². The molecule has 1 aromatic carbocycles. The molecular weight excluding hydrogens is 366 g/mol. The van der Waals surface area contributed by atoms with E-state index in [2.05, 4.69) is 21.9 Å². The summed E-state index contributed by atoms with van der Waals surface area (Å²) in [6, 6.07) is 7.74. The predicted octanol–water partition coefficient (Wildman–Crippen LogP) is 1.44. The molecule has 2 heterocycles. The van der Waals surface area contributed by atoms with Gasteiger partial charge in [0.15, 0.2) is 0 Å². The third kappa shape index (κ3) is 5.03. The molecular formula is C22H33N5O2. The van der Waals surface area contributed by atoms with Gasteiger partial charge in [0.05, 0.1) is 17.5 Å². The van der Waals surface area contributed by atoms with Crippen LogP contribution in [0.25, 0.3) is 10.8 Å². The quantitative estimate of drug-likeness (QED) is 0.705. The molecule has 0 bridgehead atoms. The van der Waals surface area contributed by atoms with Gasteiger partial charge in [-0.2, -0.15) is 5.10 Å². The Morgan fingerprint density at radius 2 is 1.79 bits per heavy atom. The van der Waals surface area contributed by atoms with Crippen LogP contribution in [-0.2, 0) is 17.8 Å². The second kappa shape index (κ2) is 9.50. The summed E-state index contributed by atoms with van der Waals surface area (Å²) in [4.78, 5) is 32.5. The van der Waals surface area contributed by atoms with Gasteiger partial charge in [-0.05, 0) is 60.1 Å². The summed E-state index contributed by atoms with van der Waals surface area (Å²) >= 11 is 0. The number of carbonyl (C=O) groups is 1. The van der Waals surface area contributed by atoms with Crippen molar-refractivity contribution in [3.05, 3.63) is 40.3 Å². The number of hydrogen-bond acceptors (Lipinski definition) is 5. The Hall–Kier alpha value is -2.25. The molecule has 0 aliphatic carbocycles. The summed E-state index contributed by atoms with van der Waals surface area (Å²) in [5.74, 6) is 0.0976. The fraction of sp³-hybridized carbons (Fsp3) is 0.591. The van der Waals surface area contributed by atoms with Crippen molar-refractivity contribution in [2.75, 3.05) is 47.3 Å². The average Bonchev–Trinajstić information content (AvgIpc) is 2.71. The van der Waals surface area contributed by atoms with Crippen molar-refractivity contribution in [1.82, 2.24) is 24.5 Å². The van der Waals surface area contributed by atoms with Gasteiger partial charge < -0.3 is 14.7 Å². The largest absolute Gasteiger partial charge is 0.338 e. The van der Waals surface area contributed by atoms with Crippen LogP contribution >= 0.6 is 0 Å². The number of hydrogen-bond donors (Lipinski definition) is 0. The zero-order valence-corrected chi connectivity index (χ0v) is 18.1. The minimum atomic E-state index is -0.0981. The third-order valence-corrected chi connectivity index (χ3v) is 5.80. The number of likely N-dealkylation sites (tertiary alicyclic amines) is 1. The third-order valence-electron chi connectivity index (χ3n) is 5.80. The van der Waals surface area contributed by atoms with Gasteiger partial charge >= 0.3 is 0 Å². The molecule has 0 saturated carbocycles. The lowest BCUT2D eigenvalue weighted by atomic mass is 10.0. The minimum Gasteiger partial charge on any atom is -0.338 e. The Kier molecular flexibility index (Phi) is 7.03. The first kappa shape index (κ1) is 21.5. The first-order valence-electron chi connectivity index (χ1n) is 10.5. The molecule has 1 saturated heterocycles. The van der Waals surface area contributed by atoms with Crippen molar-refractivity contribution >= 4 is 16.7 Å². The van der Waals surface area contributed by atoms with Crippen LogP contribution in [0.3, 0.4) is 0 Å². The maximum absolute atomic E-state index is 13.4. The van der Waals surface area contributed by atoms with Crippen LogP contribution in [0.5, 0.6) is 0 Å². The molecule has 1 aliphatic heterocycles. The highest BCUT2D eigenvalue weighted by molar-refractivity contribution is 5.88. The summed E-state index contributed by atoms with van der Waals surface area (Å²) < 4.78 is 1.46. The summed E-state index contributed by atoms with van der Waals surface area (Å²) in [7, 11) is 6.19. The molecule has 0 spiro atoms. The number of likely N-dealkylation sites (N-methyl/N-ethyl adjacent to an activating group) is 1. The molecule has 0 N–H and O–H groups in total. The van der Waals surface area contributed by atoms with E-state index in [-0.39, 0.29) is 23.9 Å². The first-order valence-corrected chi connectivity index (χ1v) is 10.5. The lowest BCUT2D eigenvalue weighted by Gasteiger charge is -2.38. The highest BCUT2D eigenvalue weighted by Crippen LogP contribution is 2.19. The average molecular weight is 400 g/mol. The molecule has 2 aromatic rings. The molecule has 1 aromatic heterocycles. The summed E-state index contributed by atoms with van der Waals surface area (Å²) in [6.45, 7) is 5.96. The van der Waals surface area contributed by atoms with Crippen LogP contribution in [0, 0.1) is 0 Å². The van der Waals surface area contributed by atoms with Crippen molar-refractivity contribution in [2.24, 2.45) is 0 Å². The number of nitrogens with zero attached hydrogens (tertiary/aromatic N) is 5. The fourth-order valence-corrected chi connectivity index (χ4v) is 4.02. The summed E-state index contributed by atoms with van der Waals surface area (Å²) in [5.41, 5.74) is 0.592. The molecule has 0 radical (unpaired) electrons. The number of fused-ring (bicyclic) bond motifs is 1. The molecule has 29 heavy (non-hydrogen) atoms. The summed E-state index contributed by atoms with van der Waals surface area (Å²) in [6.07, 6.45) is 2.22. The van der Waals surface area contributed by atoms with E-state index >= 15 is 0 Å². The Morgan fingerprint density at radius 1 is 1.14 bits per heavy atom. The molecule has 3 rings (SSSR count). The van der Waals surface area contributed by atoms with Gasteiger partial charge in [0.1, 0.15) is 0 Å². The zero-order chi connectivity index (χ0) is 21.0. The van der Waals surface area contributed by atoms with Crippen LogP contribution in [-0.4, -0.2) is 83.8 Å². The second-order valence-corrected chi connectivity index (χ2v) is 8.21. The predicted molar refractivity (Wildman–Crippen MR) is 116 cm³/mol. The van der Waals surface area contributed by atoms with Crippen molar-refractivity contribution < 1.29 is 4.79 Å². The smallest absolute Gasteiger partial charge is 0.274 e. The summed E-state index contributed by atoms with van der Waals surface area (Å²) in [5, 5.41) is 5.95. The van der Waals surface area contributed by atoms with Gasteiger partial charge in [-0.15, -0.1) is 0 Å². The van der Waals surface area contributed by atoms with Crippen molar-refractivity contribution in [1.29, 1.82) is 0 Å². The molecule has 0 atom stereocenters. The number of carbonyl (C=O) groups excluding carboxylic acids is 1. The molecule has 1 amide bonds. The monoisotopic (exact) mass is 399 g/mol. The number of rotatable bonds is 7. The maximum Gasteiger partial charge on any atom is 0.274 e. The number of aromatic nitrogens is 2. The number of aryl methyl sites for hydroxylation is 1. The Morgan fingerprint density at radius 3 is 2.41 bits per heavy atom. The second-order valence-electron chi connectivity index (χ2n) is 8.21. The topological polar surface area (TPSA) is 61.7 Å². The van der Waals surface area contributed by atoms with Gasteiger partial charge in [0.2, 0.25) is 5.91 Å². The highest BCUT2D eigenvalue weighted by Gasteiger charge is 2.27. The van der Waals surface area contributed by atoms with Gasteiger partial charge in [-0.3, -0.25) is 9.59 Å². The Balaban J connectivity index is 1.89. The van der Waals surface area contributed by atoms with Gasteiger partial charge in [-0.25, -0.2) is 4.68 Å². The number of amides is 1.